The molecule has 0 aliphatic heterocycles. The van der Waals surface area contributed by atoms with Crippen LogP contribution in [0.5, 0.6) is 0 Å². The summed E-state index contributed by atoms with van der Waals surface area (Å²) in [7, 11) is -3.68. The maximum atomic E-state index is 7.64. The van der Waals surface area contributed by atoms with E-state index >= 15 is 0 Å². The molecule has 0 unspecified atom stereocenters. The molecule has 33 heavy (non-hydrogen) atoms. The molecule has 0 aromatic heterocycles. The van der Waals surface area contributed by atoms with Gasteiger partial charge in [0.1, 0.15) is 0 Å². The molecule has 3 aromatic carbocycles. The fourth-order valence-corrected chi connectivity index (χ4v) is 11.2. The normalized spacial score (nSPS) is 19.6. The molecule has 5 rings (SSSR count). The van der Waals surface area contributed by atoms with Gasteiger partial charge in [0.25, 0.3) is 0 Å². The molecule has 2 aliphatic rings. The van der Waals surface area contributed by atoms with Gasteiger partial charge < -0.3 is 0 Å². The van der Waals surface area contributed by atoms with Crippen LogP contribution in [0.15, 0.2) is 91.0 Å². The summed E-state index contributed by atoms with van der Waals surface area (Å²) in [6.07, 6.45) is 12.4. The first-order valence-electron chi connectivity index (χ1n) is 12.9. The predicted octanol–water partition coefficient (Wildman–Crippen LogP) is 7.04. The van der Waals surface area contributed by atoms with Crippen LogP contribution in [0.1, 0.15) is 64.2 Å². The third-order valence-corrected chi connectivity index (χ3v) is 12.6. The molecular formula is C30H37O2P. The summed E-state index contributed by atoms with van der Waals surface area (Å²) < 4.78 is 15.3. The minimum atomic E-state index is -3.68. The summed E-state index contributed by atoms with van der Waals surface area (Å²) >= 11 is 0. The zero-order valence-electron chi connectivity index (χ0n) is 19.6. The van der Waals surface area contributed by atoms with E-state index in [0.717, 1.165) is 25.7 Å². The maximum absolute atomic E-state index is 7.64. The SMILES string of the molecule is c1ccc(P(OC2CCCCC2)(OC2CCCCC2)(c2ccccc2)c2ccccc2)cc1. The quantitative estimate of drug-likeness (QED) is 0.352. The molecule has 3 aromatic rings. The summed E-state index contributed by atoms with van der Waals surface area (Å²) in [5.74, 6) is 0. The average molecular weight is 461 g/mol. The van der Waals surface area contributed by atoms with Crippen molar-refractivity contribution in [2.45, 2.75) is 76.4 Å². The Labute approximate surface area is 199 Å². The van der Waals surface area contributed by atoms with Crippen molar-refractivity contribution in [3.05, 3.63) is 91.0 Å². The van der Waals surface area contributed by atoms with Crippen LogP contribution in [-0.2, 0) is 9.05 Å². The minimum absolute atomic E-state index is 0.209. The molecule has 2 nitrogen and oxygen atoms in total. The summed E-state index contributed by atoms with van der Waals surface area (Å²) in [5.41, 5.74) is 0. The van der Waals surface area contributed by atoms with E-state index in [-0.39, 0.29) is 12.2 Å². The van der Waals surface area contributed by atoms with Crippen LogP contribution >= 0.6 is 7.06 Å². The molecule has 2 saturated carbocycles. The molecule has 0 N–H and O–H groups in total. The van der Waals surface area contributed by atoms with Crippen LogP contribution < -0.4 is 15.9 Å². The second-order valence-electron chi connectivity index (χ2n) is 9.70. The van der Waals surface area contributed by atoms with Gasteiger partial charge in [0.15, 0.2) is 0 Å². The van der Waals surface area contributed by atoms with Gasteiger partial charge in [0, 0.05) is 0 Å². The molecule has 0 amide bonds. The zero-order chi connectivity index (χ0) is 22.4. The molecule has 0 heterocycles. The Hall–Kier alpha value is -1.99. The van der Waals surface area contributed by atoms with Gasteiger partial charge in [-0.25, -0.2) is 0 Å². The van der Waals surface area contributed by atoms with Crippen molar-refractivity contribution in [2.24, 2.45) is 0 Å². The molecule has 3 heteroatoms. The Morgan fingerprint density at radius 1 is 0.424 bits per heavy atom. The van der Waals surface area contributed by atoms with E-state index in [0.29, 0.717) is 0 Å². The van der Waals surface area contributed by atoms with E-state index in [2.05, 4.69) is 91.0 Å². The van der Waals surface area contributed by atoms with Crippen molar-refractivity contribution >= 4 is 23.0 Å². The second kappa shape index (κ2) is 10.1. The summed E-state index contributed by atoms with van der Waals surface area (Å²) in [4.78, 5) is 0. The van der Waals surface area contributed by atoms with Gasteiger partial charge in [-0.05, 0) is 0 Å². The topological polar surface area (TPSA) is 18.5 Å². The third-order valence-electron chi connectivity index (χ3n) is 7.48. The fraction of sp³-hybridized carbons (Fsp3) is 0.400. The van der Waals surface area contributed by atoms with Crippen molar-refractivity contribution in [1.29, 1.82) is 0 Å². The molecule has 0 spiro atoms. The zero-order valence-corrected chi connectivity index (χ0v) is 20.5. The van der Waals surface area contributed by atoms with Gasteiger partial charge in [-0.1, -0.05) is 0 Å². The third kappa shape index (κ3) is 4.30. The van der Waals surface area contributed by atoms with E-state index in [4.69, 9.17) is 9.05 Å². The molecule has 0 saturated heterocycles. The van der Waals surface area contributed by atoms with E-state index in [1.165, 1.54) is 54.4 Å². The molecule has 0 radical (unpaired) electrons. The summed E-state index contributed by atoms with van der Waals surface area (Å²) in [5, 5.41) is 3.58. The van der Waals surface area contributed by atoms with Gasteiger partial charge in [-0.2, -0.15) is 0 Å². The molecule has 2 fully saturated rings. The number of hydrogen-bond donors (Lipinski definition) is 0. The van der Waals surface area contributed by atoms with Crippen molar-refractivity contribution in [2.75, 3.05) is 0 Å². The molecule has 2 aliphatic carbocycles. The van der Waals surface area contributed by atoms with Crippen LogP contribution in [0.25, 0.3) is 0 Å². The number of rotatable bonds is 7. The molecular weight excluding hydrogens is 423 g/mol. The standard InChI is InChI=1S/C30H37O2P/c1-6-16-26(17-7-1)31-33(28-20-10-3-11-21-28,29-22-12-4-13-23-29,30-24-14-5-15-25-30)32-27-18-8-2-9-19-27/h3-5,10-15,20-27H,1-2,6-9,16-19H2. The van der Waals surface area contributed by atoms with Crippen molar-refractivity contribution < 1.29 is 9.05 Å². The first kappa shape index (κ1) is 22.8. The Morgan fingerprint density at radius 2 is 0.727 bits per heavy atom. The predicted molar refractivity (Wildman–Crippen MR) is 141 cm³/mol. The van der Waals surface area contributed by atoms with Gasteiger partial charge in [-0.15, -0.1) is 0 Å². The number of hydrogen-bond acceptors (Lipinski definition) is 2. The van der Waals surface area contributed by atoms with Crippen LogP contribution in [0.2, 0.25) is 0 Å². The van der Waals surface area contributed by atoms with Crippen molar-refractivity contribution in [3.8, 4) is 0 Å². The summed E-state index contributed by atoms with van der Waals surface area (Å²) in [6, 6.07) is 32.7. The summed E-state index contributed by atoms with van der Waals surface area (Å²) in [6.45, 7) is 0. The van der Waals surface area contributed by atoms with E-state index in [9.17, 15) is 0 Å². The van der Waals surface area contributed by atoms with Crippen molar-refractivity contribution in [3.63, 3.8) is 0 Å². The molecule has 0 bridgehead atoms. The monoisotopic (exact) mass is 460 g/mol. The van der Waals surface area contributed by atoms with Gasteiger partial charge in [-0.3, -0.25) is 0 Å². The van der Waals surface area contributed by atoms with E-state index in [1.54, 1.807) is 0 Å². The second-order valence-corrected chi connectivity index (χ2v) is 13.6. The Bertz CT molecular complexity index is 870. The Kier molecular flexibility index (Phi) is 6.97. The first-order chi connectivity index (χ1) is 16.3. The van der Waals surface area contributed by atoms with E-state index in [1.807, 2.05) is 0 Å². The van der Waals surface area contributed by atoms with E-state index < -0.39 is 7.06 Å². The van der Waals surface area contributed by atoms with Gasteiger partial charge in [0.05, 0.1) is 0 Å². The first-order valence-corrected chi connectivity index (χ1v) is 14.9. The van der Waals surface area contributed by atoms with Crippen LogP contribution in [0.4, 0.5) is 0 Å². The van der Waals surface area contributed by atoms with Crippen LogP contribution in [-0.4, -0.2) is 12.2 Å². The molecule has 174 valence electrons. The Balaban J connectivity index is 1.81. The van der Waals surface area contributed by atoms with Crippen LogP contribution in [0.3, 0.4) is 0 Å². The van der Waals surface area contributed by atoms with Gasteiger partial charge in [0.2, 0.25) is 0 Å². The fourth-order valence-electron chi connectivity index (χ4n) is 5.84. The van der Waals surface area contributed by atoms with Gasteiger partial charge >= 0.3 is 199 Å². The molecule has 0 atom stereocenters. The van der Waals surface area contributed by atoms with Crippen LogP contribution in [0, 0.1) is 0 Å². The Morgan fingerprint density at radius 3 is 1.03 bits per heavy atom. The number of benzene rings is 3. The average Bonchev–Trinajstić information content (AvgIpc) is 2.91. The van der Waals surface area contributed by atoms with Crippen molar-refractivity contribution in [1.82, 2.24) is 0 Å².